The Labute approximate surface area is 102 Å². The van der Waals surface area contributed by atoms with Crippen molar-refractivity contribution >= 4 is 11.8 Å². The van der Waals surface area contributed by atoms with Crippen LogP contribution >= 0.6 is 0 Å². The number of nitrogens with zero attached hydrogens (tertiary/aromatic N) is 1. The fraction of sp³-hybridized carbons (Fsp3) is 0.833. The van der Waals surface area contributed by atoms with E-state index in [1.54, 1.807) is 0 Å². The van der Waals surface area contributed by atoms with Crippen LogP contribution in [0.1, 0.15) is 26.2 Å². The molecule has 3 atom stereocenters. The summed E-state index contributed by atoms with van der Waals surface area (Å²) >= 11 is 0. The summed E-state index contributed by atoms with van der Waals surface area (Å²) in [6.07, 6.45) is 2.71. The van der Waals surface area contributed by atoms with Gasteiger partial charge in [0.15, 0.2) is 0 Å². The molecule has 5 heteroatoms. The molecule has 5 nitrogen and oxygen atoms in total. The van der Waals surface area contributed by atoms with Crippen LogP contribution in [0.5, 0.6) is 0 Å². The van der Waals surface area contributed by atoms with E-state index in [0.717, 1.165) is 32.4 Å². The first-order chi connectivity index (χ1) is 8.11. The standard InChI is InChI=1S/C12H21N3O2/c1-8-3-2-6-15(12(8)17)10-7-14-5-4-9(10)11(13)16/h8-10,14H,2-7H2,1H3,(H2,13,16). The Morgan fingerprint density at radius 1 is 1.47 bits per heavy atom. The Kier molecular flexibility index (Phi) is 3.66. The Balaban J connectivity index is 2.12. The van der Waals surface area contributed by atoms with Gasteiger partial charge in [0.25, 0.3) is 0 Å². The quantitative estimate of drug-likeness (QED) is 0.695. The Morgan fingerprint density at radius 3 is 2.94 bits per heavy atom. The maximum atomic E-state index is 12.1. The maximum absolute atomic E-state index is 12.1. The lowest BCUT2D eigenvalue weighted by atomic mass is 9.88. The summed E-state index contributed by atoms with van der Waals surface area (Å²) in [5, 5.41) is 3.25. The largest absolute Gasteiger partial charge is 0.369 e. The number of likely N-dealkylation sites (tertiary alicyclic amines) is 1. The normalized spacial score (nSPS) is 34.8. The van der Waals surface area contributed by atoms with Gasteiger partial charge in [0.1, 0.15) is 0 Å². The first kappa shape index (κ1) is 12.4. The van der Waals surface area contributed by atoms with Crippen molar-refractivity contribution in [1.29, 1.82) is 0 Å². The molecule has 17 heavy (non-hydrogen) atoms. The maximum Gasteiger partial charge on any atom is 0.225 e. The molecule has 2 amide bonds. The van der Waals surface area contributed by atoms with Crippen molar-refractivity contribution in [3.63, 3.8) is 0 Å². The van der Waals surface area contributed by atoms with Crippen LogP contribution in [0.3, 0.4) is 0 Å². The van der Waals surface area contributed by atoms with Crippen LogP contribution in [0.4, 0.5) is 0 Å². The van der Waals surface area contributed by atoms with Gasteiger partial charge in [0, 0.05) is 19.0 Å². The zero-order valence-corrected chi connectivity index (χ0v) is 10.3. The molecule has 2 aliphatic heterocycles. The zero-order valence-electron chi connectivity index (χ0n) is 10.3. The van der Waals surface area contributed by atoms with Gasteiger partial charge in [-0.25, -0.2) is 0 Å². The van der Waals surface area contributed by atoms with Crippen LogP contribution in [0.2, 0.25) is 0 Å². The summed E-state index contributed by atoms with van der Waals surface area (Å²) in [5.74, 6) is -0.205. The third kappa shape index (κ3) is 2.44. The molecule has 0 spiro atoms. The Hall–Kier alpha value is -1.10. The lowest BCUT2D eigenvalue weighted by Gasteiger charge is -2.42. The summed E-state index contributed by atoms with van der Waals surface area (Å²) in [6.45, 7) is 4.22. The molecule has 0 radical (unpaired) electrons. The molecule has 0 aromatic rings. The van der Waals surface area contributed by atoms with Gasteiger partial charge < -0.3 is 16.0 Å². The number of carbonyl (C=O) groups excluding carboxylic acids is 2. The van der Waals surface area contributed by atoms with Crippen LogP contribution in [-0.2, 0) is 9.59 Å². The molecule has 96 valence electrons. The second-order valence-electron chi connectivity index (χ2n) is 5.14. The van der Waals surface area contributed by atoms with E-state index >= 15 is 0 Å². The van der Waals surface area contributed by atoms with Crippen LogP contribution in [-0.4, -0.2) is 42.4 Å². The number of piperidine rings is 2. The molecule has 0 saturated carbocycles. The highest BCUT2D eigenvalue weighted by Gasteiger charge is 2.38. The Bertz CT molecular complexity index is 319. The number of amides is 2. The van der Waals surface area contributed by atoms with Crippen LogP contribution in [0.15, 0.2) is 0 Å². The summed E-state index contributed by atoms with van der Waals surface area (Å²) < 4.78 is 0. The van der Waals surface area contributed by atoms with Crippen molar-refractivity contribution in [2.75, 3.05) is 19.6 Å². The first-order valence-electron chi connectivity index (χ1n) is 6.41. The molecular formula is C12H21N3O2. The number of nitrogens with two attached hydrogens (primary N) is 1. The van der Waals surface area contributed by atoms with Crippen molar-refractivity contribution in [2.24, 2.45) is 17.6 Å². The minimum atomic E-state index is -0.275. The Morgan fingerprint density at radius 2 is 2.24 bits per heavy atom. The summed E-state index contributed by atoms with van der Waals surface area (Å²) in [4.78, 5) is 25.5. The predicted molar refractivity (Wildman–Crippen MR) is 64.1 cm³/mol. The summed E-state index contributed by atoms with van der Waals surface area (Å²) in [6, 6.07) is -0.0449. The lowest BCUT2D eigenvalue weighted by molar-refractivity contribution is -0.143. The monoisotopic (exact) mass is 239 g/mol. The van der Waals surface area contributed by atoms with Gasteiger partial charge in [-0.05, 0) is 25.8 Å². The van der Waals surface area contributed by atoms with E-state index in [4.69, 9.17) is 5.73 Å². The van der Waals surface area contributed by atoms with E-state index in [2.05, 4.69) is 5.32 Å². The van der Waals surface area contributed by atoms with Crippen molar-refractivity contribution in [1.82, 2.24) is 10.2 Å². The van der Waals surface area contributed by atoms with Crippen molar-refractivity contribution in [3.05, 3.63) is 0 Å². The van der Waals surface area contributed by atoms with E-state index in [9.17, 15) is 9.59 Å². The number of hydrogen-bond donors (Lipinski definition) is 2. The summed E-state index contributed by atoms with van der Waals surface area (Å²) in [7, 11) is 0. The molecule has 0 aliphatic carbocycles. The second kappa shape index (κ2) is 5.04. The fourth-order valence-electron chi connectivity index (χ4n) is 2.92. The minimum Gasteiger partial charge on any atom is -0.369 e. The van der Waals surface area contributed by atoms with Crippen LogP contribution in [0.25, 0.3) is 0 Å². The van der Waals surface area contributed by atoms with Gasteiger partial charge in [0.2, 0.25) is 11.8 Å². The van der Waals surface area contributed by atoms with Crippen LogP contribution < -0.4 is 11.1 Å². The number of nitrogens with one attached hydrogen (secondary N) is 1. The first-order valence-corrected chi connectivity index (χ1v) is 6.41. The van der Waals surface area contributed by atoms with E-state index in [0.29, 0.717) is 6.54 Å². The number of primary amides is 1. The van der Waals surface area contributed by atoms with E-state index in [1.807, 2.05) is 11.8 Å². The number of hydrogen-bond acceptors (Lipinski definition) is 3. The highest BCUT2D eigenvalue weighted by molar-refractivity contribution is 5.82. The minimum absolute atomic E-state index is 0.0449. The number of rotatable bonds is 2. The van der Waals surface area contributed by atoms with Gasteiger partial charge in [-0.3, -0.25) is 9.59 Å². The van der Waals surface area contributed by atoms with E-state index < -0.39 is 0 Å². The third-order valence-corrected chi connectivity index (χ3v) is 3.96. The molecule has 2 aliphatic rings. The molecule has 3 N–H and O–H groups in total. The highest BCUT2D eigenvalue weighted by Crippen LogP contribution is 2.25. The smallest absolute Gasteiger partial charge is 0.225 e. The van der Waals surface area contributed by atoms with Gasteiger partial charge in [-0.15, -0.1) is 0 Å². The molecule has 0 aromatic heterocycles. The second-order valence-corrected chi connectivity index (χ2v) is 5.14. The van der Waals surface area contributed by atoms with Crippen molar-refractivity contribution in [2.45, 2.75) is 32.2 Å². The molecular weight excluding hydrogens is 218 g/mol. The van der Waals surface area contributed by atoms with Gasteiger partial charge in [0.05, 0.1) is 12.0 Å². The molecule has 3 unspecified atom stereocenters. The molecule has 2 saturated heterocycles. The molecule has 0 bridgehead atoms. The van der Waals surface area contributed by atoms with Crippen molar-refractivity contribution < 1.29 is 9.59 Å². The molecule has 0 aromatic carbocycles. The molecule has 2 heterocycles. The van der Waals surface area contributed by atoms with Gasteiger partial charge >= 0.3 is 0 Å². The van der Waals surface area contributed by atoms with E-state index in [-0.39, 0.29) is 29.7 Å². The SMILES string of the molecule is CC1CCCN(C2CNCCC2C(N)=O)C1=O. The van der Waals surface area contributed by atoms with Crippen molar-refractivity contribution in [3.8, 4) is 0 Å². The van der Waals surface area contributed by atoms with E-state index in [1.165, 1.54) is 0 Å². The zero-order chi connectivity index (χ0) is 12.4. The average Bonchev–Trinajstić information content (AvgIpc) is 2.33. The summed E-state index contributed by atoms with van der Waals surface area (Å²) in [5.41, 5.74) is 5.44. The molecule has 2 rings (SSSR count). The lowest BCUT2D eigenvalue weighted by Crippen LogP contribution is -2.58. The average molecular weight is 239 g/mol. The third-order valence-electron chi connectivity index (χ3n) is 3.96. The fourth-order valence-corrected chi connectivity index (χ4v) is 2.92. The highest BCUT2D eigenvalue weighted by atomic mass is 16.2. The van der Waals surface area contributed by atoms with Crippen LogP contribution in [0, 0.1) is 11.8 Å². The van der Waals surface area contributed by atoms with Gasteiger partial charge in [-0.2, -0.15) is 0 Å². The predicted octanol–water partition coefficient (Wildman–Crippen LogP) is -0.292. The molecule has 2 fully saturated rings. The van der Waals surface area contributed by atoms with Gasteiger partial charge in [-0.1, -0.05) is 6.92 Å². The number of carbonyl (C=O) groups is 2. The topological polar surface area (TPSA) is 75.4 Å².